The molecule has 1 aliphatic heterocycles. The van der Waals surface area contributed by atoms with Crippen molar-refractivity contribution in [3.63, 3.8) is 0 Å². The minimum Gasteiger partial charge on any atom is -0.367 e. The van der Waals surface area contributed by atoms with Gasteiger partial charge in [0.1, 0.15) is 16.0 Å². The molecule has 23 heavy (non-hydrogen) atoms. The van der Waals surface area contributed by atoms with Gasteiger partial charge in [0.15, 0.2) is 0 Å². The van der Waals surface area contributed by atoms with Crippen LogP contribution in [-0.4, -0.2) is 46.3 Å². The molecule has 2 rings (SSSR count). The van der Waals surface area contributed by atoms with E-state index in [2.05, 4.69) is 10.0 Å². The largest absolute Gasteiger partial charge is 0.367 e. The van der Waals surface area contributed by atoms with E-state index in [-0.39, 0.29) is 32.4 Å². The first-order chi connectivity index (χ1) is 10.5. The quantitative estimate of drug-likeness (QED) is 0.747. The molecule has 11 heteroatoms. The topological polar surface area (TPSA) is 95.6 Å². The Morgan fingerprint density at radius 1 is 1.39 bits per heavy atom. The number of rotatable bonds is 4. The van der Waals surface area contributed by atoms with Crippen molar-refractivity contribution in [1.82, 2.24) is 9.03 Å². The van der Waals surface area contributed by atoms with Crippen molar-refractivity contribution in [2.75, 3.05) is 18.2 Å². The molecule has 0 bridgehead atoms. The zero-order valence-corrected chi connectivity index (χ0v) is 15.8. The van der Waals surface area contributed by atoms with Crippen LogP contribution in [0, 0.1) is 0 Å². The fourth-order valence-electron chi connectivity index (χ4n) is 2.17. The van der Waals surface area contributed by atoms with Gasteiger partial charge in [0.2, 0.25) is 20.0 Å². The molecule has 0 fully saturated rings. The van der Waals surface area contributed by atoms with Gasteiger partial charge in [-0.2, -0.15) is 4.31 Å². The normalized spacial score (nSPS) is 21.0. The van der Waals surface area contributed by atoms with E-state index in [1.54, 1.807) is 13.8 Å². The molecule has 0 amide bonds. The maximum Gasteiger partial charge on any atom is 0.246 e. The van der Waals surface area contributed by atoms with Crippen molar-refractivity contribution >= 4 is 48.9 Å². The van der Waals surface area contributed by atoms with Gasteiger partial charge in [-0.15, -0.1) is 11.6 Å². The maximum atomic E-state index is 12.6. The van der Waals surface area contributed by atoms with Crippen LogP contribution < -0.4 is 10.0 Å². The fraction of sp³-hybridized carbons (Fsp3) is 0.500. The van der Waals surface area contributed by atoms with Gasteiger partial charge in [-0.3, -0.25) is 0 Å². The third-order valence-electron chi connectivity index (χ3n) is 3.28. The van der Waals surface area contributed by atoms with Gasteiger partial charge in [0.05, 0.1) is 16.6 Å². The number of halogens is 2. The number of nitrogens with one attached hydrogen (secondary N) is 2. The molecule has 130 valence electrons. The summed E-state index contributed by atoms with van der Waals surface area (Å²) in [5, 5.41) is 2.86. The summed E-state index contributed by atoms with van der Waals surface area (Å²) in [5.41, 5.74) is 0.224. The van der Waals surface area contributed by atoms with Crippen LogP contribution in [0.4, 0.5) is 5.69 Å². The van der Waals surface area contributed by atoms with E-state index in [1.165, 1.54) is 13.1 Å². The number of hydrogen-bond acceptors (Lipinski definition) is 5. The molecule has 7 nitrogen and oxygen atoms in total. The Morgan fingerprint density at radius 3 is 2.52 bits per heavy atom. The van der Waals surface area contributed by atoms with Crippen molar-refractivity contribution in [3.8, 4) is 0 Å². The average molecular weight is 402 g/mol. The summed E-state index contributed by atoms with van der Waals surface area (Å²) in [6, 6.07) is 1.99. The monoisotopic (exact) mass is 401 g/mol. The molecule has 0 saturated heterocycles. The van der Waals surface area contributed by atoms with E-state index in [0.717, 1.165) is 10.4 Å². The Hall–Kier alpha value is -0.580. The van der Waals surface area contributed by atoms with Crippen LogP contribution in [0.1, 0.15) is 13.8 Å². The lowest BCUT2D eigenvalue weighted by atomic mass is 10.3. The van der Waals surface area contributed by atoms with Crippen LogP contribution in [0.15, 0.2) is 21.9 Å². The molecule has 1 atom stereocenters. The number of alkyl halides is 1. The highest BCUT2D eigenvalue weighted by Gasteiger charge is 2.37. The molecule has 0 aliphatic carbocycles. The van der Waals surface area contributed by atoms with Gasteiger partial charge >= 0.3 is 0 Å². The molecule has 0 saturated carbocycles. The van der Waals surface area contributed by atoms with Crippen molar-refractivity contribution in [3.05, 3.63) is 17.2 Å². The summed E-state index contributed by atoms with van der Waals surface area (Å²) in [4.78, 5) is -0.440. The summed E-state index contributed by atoms with van der Waals surface area (Å²) in [5.74, 6) is 0.0295. The number of hydrogen-bond donors (Lipinski definition) is 2. The molecule has 0 spiro atoms. The van der Waals surface area contributed by atoms with Crippen LogP contribution in [0.2, 0.25) is 5.02 Å². The summed E-state index contributed by atoms with van der Waals surface area (Å²) in [6.07, 6.45) is -0.638. The third-order valence-corrected chi connectivity index (χ3v) is 7.60. The third kappa shape index (κ3) is 3.45. The van der Waals surface area contributed by atoms with E-state index < -0.39 is 26.2 Å². The van der Waals surface area contributed by atoms with Crippen molar-refractivity contribution < 1.29 is 16.8 Å². The molecule has 0 radical (unpaired) electrons. The highest BCUT2D eigenvalue weighted by atomic mass is 35.5. The van der Waals surface area contributed by atoms with Gasteiger partial charge in [-0.1, -0.05) is 11.6 Å². The first-order valence-corrected chi connectivity index (χ1v) is 10.5. The van der Waals surface area contributed by atoms with Crippen LogP contribution in [0.3, 0.4) is 0 Å². The molecule has 2 N–H and O–H groups in total. The first-order valence-electron chi connectivity index (χ1n) is 6.67. The highest BCUT2D eigenvalue weighted by Crippen LogP contribution is 2.36. The molecule has 0 aromatic heterocycles. The Bertz CT molecular complexity index is 825. The molecule has 1 aliphatic rings. The van der Waals surface area contributed by atoms with Crippen LogP contribution in [-0.2, 0) is 20.0 Å². The summed E-state index contributed by atoms with van der Waals surface area (Å²) >= 11 is 11.8. The first kappa shape index (κ1) is 18.8. The smallest absolute Gasteiger partial charge is 0.246 e. The second-order valence-electron chi connectivity index (χ2n) is 5.39. The van der Waals surface area contributed by atoms with Gasteiger partial charge in [-0.05, 0) is 26.0 Å². The minimum absolute atomic E-state index is 0.0295. The van der Waals surface area contributed by atoms with E-state index in [0.29, 0.717) is 0 Å². The van der Waals surface area contributed by atoms with E-state index >= 15 is 0 Å². The molecular formula is C12H17Cl2N3O4S2. The summed E-state index contributed by atoms with van der Waals surface area (Å²) in [6.45, 7) is 3.31. The van der Waals surface area contributed by atoms with E-state index in [9.17, 15) is 16.8 Å². The molecular weight excluding hydrogens is 385 g/mol. The minimum atomic E-state index is -3.93. The zero-order valence-electron chi connectivity index (χ0n) is 12.7. The van der Waals surface area contributed by atoms with Crippen molar-refractivity contribution in [2.24, 2.45) is 0 Å². The lowest BCUT2D eigenvalue weighted by Crippen LogP contribution is -2.47. The Morgan fingerprint density at radius 2 is 2.00 bits per heavy atom. The fourth-order valence-corrected chi connectivity index (χ4v) is 5.85. The average Bonchev–Trinajstić information content (AvgIpc) is 2.40. The molecule has 1 unspecified atom stereocenters. The van der Waals surface area contributed by atoms with Crippen LogP contribution in [0.25, 0.3) is 0 Å². The second-order valence-corrected chi connectivity index (χ2v) is 9.75. The van der Waals surface area contributed by atoms with Gasteiger partial charge in [0, 0.05) is 13.1 Å². The Balaban J connectivity index is 2.65. The maximum absolute atomic E-state index is 12.6. The lowest BCUT2D eigenvalue weighted by molar-refractivity contribution is 0.411. The van der Waals surface area contributed by atoms with E-state index in [1.807, 2.05) is 0 Å². The van der Waals surface area contributed by atoms with Crippen molar-refractivity contribution in [1.29, 1.82) is 0 Å². The van der Waals surface area contributed by atoms with Crippen molar-refractivity contribution in [2.45, 2.75) is 35.8 Å². The van der Waals surface area contributed by atoms with Gasteiger partial charge in [0.25, 0.3) is 0 Å². The Kier molecular flexibility index (Phi) is 5.20. The molecule has 1 aromatic rings. The number of anilines is 1. The van der Waals surface area contributed by atoms with Crippen LogP contribution >= 0.6 is 23.2 Å². The summed E-state index contributed by atoms with van der Waals surface area (Å²) < 4.78 is 53.2. The highest BCUT2D eigenvalue weighted by molar-refractivity contribution is 7.90. The zero-order chi connectivity index (χ0) is 17.6. The lowest BCUT2D eigenvalue weighted by Gasteiger charge is -2.34. The SMILES string of the molecule is CC(C)NS(=O)(=O)c1cc2c(cc1Cl)NC(CCl)N(C)S2(=O)=O. The molecule has 1 aromatic carbocycles. The van der Waals surface area contributed by atoms with Crippen LogP contribution in [0.5, 0.6) is 0 Å². The predicted octanol–water partition coefficient (Wildman–Crippen LogP) is 1.64. The van der Waals surface area contributed by atoms with Gasteiger partial charge in [-0.25, -0.2) is 21.6 Å². The number of benzene rings is 1. The molecule has 1 heterocycles. The number of fused-ring (bicyclic) bond motifs is 1. The second kappa shape index (κ2) is 6.38. The number of sulfonamides is 2. The predicted molar refractivity (Wildman–Crippen MR) is 90.0 cm³/mol. The van der Waals surface area contributed by atoms with E-state index in [4.69, 9.17) is 23.2 Å². The Labute approximate surface area is 146 Å². The van der Waals surface area contributed by atoms with Gasteiger partial charge < -0.3 is 5.32 Å². The number of nitrogens with zero attached hydrogens (tertiary/aromatic N) is 1. The standard InChI is InChI=1S/C12H17Cl2N3O4S2/c1-7(2)16-22(18,19)10-5-11-9(4-8(10)14)15-12(6-13)17(3)23(11,20)21/h4-5,7,12,15-16H,6H2,1-3H3. The summed E-state index contributed by atoms with van der Waals surface area (Å²) in [7, 11) is -6.44.